The van der Waals surface area contributed by atoms with Gasteiger partial charge in [-0.05, 0) is 20.4 Å². The SMILES string of the molecule is CCNC(C)Cn1ncc(N(C)CC)cc1=O. The fraction of sp³-hybridized carbons (Fsp3) is 0.667. The van der Waals surface area contributed by atoms with Crippen LogP contribution in [0.15, 0.2) is 17.1 Å². The molecule has 0 bridgehead atoms. The van der Waals surface area contributed by atoms with E-state index in [2.05, 4.69) is 10.4 Å². The van der Waals surface area contributed by atoms with Crippen LogP contribution in [0.4, 0.5) is 5.69 Å². The van der Waals surface area contributed by atoms with Crippen LogP contribution in [0, 0.1) is 0 Å². The van der Waals surface area contributed by atoms with Crippen LogP contribution in [0.5, 0.6) is 0 Å². The highest BCUT2D eigenvalue weighted by molar-refractivity contribution is 5.41. The Balaban J connectivity index is 2.80. The van der Waals surface area contributed by atoms with E-state index in [9.17, 15) is 4.79 Å². The molecule has 0 fully saturated rings. The molecular formula is C12H22N4O. The lowest BCUT2D eigenvalue weighted by Crippen LogP contribution is -2.35. The molecule has 0 radical (unpaired) electrons. The summed E-state index contributed by atoms with van der Waals surface area (Å²) in [7, 11) is 1.95. The highest BCUT2D eigenvalue weighted by atomic mass is 16.1. The average molecular weight is 238 g/mol. The van der Waals surface area contributed by atoms with Crippen molar-refractivity contribution in [2.75, 3.05) is 25.0 Å². The lowest BCUT2D eigenvalue weighted by Gasteiger charge is -2.17. The van der Waals surface area contributed by atoms with Crippen molar-refractivity contribution < 1.29 is 0 Å². The molecule has 0 aliphatic rings. The molecule has 1 N–H and O–H groups in total. The Morgan fingerprint density at radius 1 is 1.53 bits per heavy atom. The van der Waals surface area contributed by atoms with Crippen molar-refractivity contribution in [1.82, 2.24) is 15.1 Å². The van der Waals surface area contributed by atoms with Crippen molar-refractivity contribution in [2.24, 2.45) is 0 Å². The minimum atomic E-state index is -0.0486. The fourth-order valence-corrected chi connectivity index (χ4v) is 1.62. The molecule has 5 nitrogen and oxygen atoms in total. The smallest absolute Gasteiger partial charge is 0.268 e. The second-order valence-corrected chi connectivity index (χ2v) is 4.21. The number of nitrogens with zero attached hydrogens (tertiary/aromatic N) is 3. The number of hydrogen-bond donors (Lipinski definition) is 1. The van der Waals surface area contributed by atoms with Crippen molar-refractivity contribution in [3.8, 4) is 0 Å². The van der Waals surface area contributed by atoms with Gasteiger partial charge in [-0.2, -0.15) is 5.10 Å². The molecule has 0 saturated carbocycles. The van der Waals surface area contributed by atoms with Crippen LogP contribution in [0.3, 0.4) is 0 Å². The monoisotopic (exact) mass is 238 g/mol. The Bertz CT molecular complexity index is 402. The molecule has 0 spiro atoms. The molecule has 17 heavy (non-hydrogen) atoms. The zero-order chi connectivity index (χ0) is 12.8. The Morgan fingerprint density at radius 3 is 2.76 bits per heavy atom. The predicted molar refractivity (Wildman–Crippen MR) is 70.6 cm³/mol. The van der Waals surface area contributed by atoms with E-state index >= 15 is 0 Å². The normalized spacial score (nSPS) is 12.5. The maximum absolute atomic E-state index is 11.8. The summed E-state index contributed by atoms with van der Waals surface area (Å²) >= 11 is 0. The maximum atomic E-state index is 11.8. The fourth-order valence-electron chi connectivity index (χ4n) is 1.62. The van der Waals surface area contributed by atoms with Crippen molar-refractivity contribution in [1.29, 1.82) is 0 Å². The van der Waals surface area contributed by atoms with Crippen LogP contribution in [-0.2, 0) is 6.54 Å². The molecule has 0 aliphatic heterocycles. The molecule has 0 amide bonds. The van der Waals surface area contributed by atoms with Crippen LogP contribution >= 0.6 is 0 Å². The highest BCUT2D eigenvalue weighted by Gasteiger charge is 2.06. The van der Waals surface area contributed by atoms with Crippen LogP contribution in [0.25, 0.3) is 0 Å². The van der Waals surface area contributed by atoms with Gasteiger partial charge in [0.2, 0.25) is 0 Å². The van der Waals surface area contributed by atoms with Crippen LogP contribution in [0.2, 0.25) is 0 Å². The molecule has 1 aromatic heterocycles. The van der Waals surface area contributed by atoms with Crippen molar-refractivity contribution >= 4 is 5.69 Å². The van der Waals surface area contributed by atoms with Crippen LogP contribution < -0.4 is 15.8 Å². The number of likely N-dealkylation sites (N-methyl/N-ethyl adjacent to an activating group) is 1. The van der Waals surface area contributed by atoms with Gasteiger partial charge in [0.25, 0.3) is 5.56 Å². The van der Waals surface area contributed by atoms with Gasteiger partial charge in [0.15, 0.2) is 0 Å². The van der Waals surface area contributed by atoms with Gasteiger partial charge in [-0.3, -0.25) is 4.79 Å². The van der Waals surface area contributed by atoms with Crippen molar-refractivity contribution in [2.45, 2.75) is 33.4 Å². The zero-order valence-electron chi connectivity index (χ0n) is 11.1. The Labute approximate surface area is 102 Å². The third kappa shape index (κ3) is 3.85. The summed E-state index contributed by atoms with van der Waals surface area (Å²) in [5.41, 5.74) is 0.817. The third-order valence-electron chi connectivity index (χ3n) is 2.77. The predicted octanol–water partition coefficient (Wildman–Crippen LogP) is 0.697. The second-order valence-electron chi connectivity index (χ2n) is 4.21. The Kier molecular flexibility index (Phi) is 5.15. The third-order valence-corrected chi connectivity index (χ3v) is 2.77. The first-order valence-corrected chi connectivity index (χ1v) is 6.10. The summed E-state index contributed by atoms with van der Waals surface area (Å²) in [5.74, 6) is 0. The van der Waals surface area contributed by atoms with Gasteiger partial charge in [0.1, 0.15) is 0 Å². The average Bonchev–Trinajstić information content (AvgIpc) is 2.31. The minimum Gasteiger partial charge on any atom is -0.373 e. The van der Waals surface area contributed by atoms with E-state index in [1.807, 2.05) is 32.7 Å². The van der Waals surface area contributed by atoms with Gasteiger partial charge >= 0.3 is 0 Å². The molecule has 1 aromatic rings. The van der Waals surface area contributed by atoms with Gasteiger partial charge in [0.05, 0.1) is 18.4 Å². The molecule has 1 atom stereocenters. The van der Waals surface area contributed by atoms with E-state index in [-0.39, 0.29) is 11.6 Å². The number of hydrogen-bond acceptors (Lipinski definition) is 4. The molecule has 0 aromatic carbocycles. The summed E-state index contributed by atoms with van der Waals surface area (Å²) < 4.78 is 1.50. The molecule has 1 unspecified atom stereocenters. The molecule has 1 heterocycles. The van der Waals surface area contributed by atoms with Crippen LogP contribution in [0.1, 0.15) is 20.8 Å². The van der Waals surface area contributed by atoms with E-state index in [0.29, 0.717) is 6.54 Å². The summed E-state index contributed by atoms with van der Waals surface area (Å²) in [5, 5.41) is 7.45. The quantitative estimate of drug-likeness (QED) is 0.792. The molecule has 1 rings (SSSR count). The Hall–Kier alpha value is -1.36. The number of nitrogens with one attached hydrogen (secondary N) is 1. The molecule has 0 saturated heterocycles. The lowest BCUT2D eigenvalue weighted by molar-refractivity contribution is 0.447. The first-order valence-electron chi connectivity index (χ1n) is 6.10. The van der Waals surface area contributed by atoms with Crippen molar-refractivity contribution in [3.63, 3.8) is 0 Å². The molecule has 5 heteroatoms. The van der Waals surface area contributed by atoms with Crippen molar-refractivity contribution in [3.05, 3.63) is 22.6 Å². The van der Waals surface area contributed by atoms with E-state index in [1.54, 1.807) is 12.3 Å². The zero-order valence-corrected chi connectivity index (χ0v) is 11.1. The number of rotatable bonds is 6. The first-order chi connectivity index (χ1) is 8.08. The van der Waals surface area contributed by atoms with E-state index < -0.39 is 0 Å². The van der Waals surface area contributed by atoms with E-state index in [0.717, 1.165) is 18.8 Å². The Morgan fingerprint density at radius 2 is 2.24 bits per heavy atom. The maximum Gasteiger partial charge on any atom is 0.268 e. The summed E-state index contributed by atoms with van der Waals surface area (Å²) in [6, 6.07) is 1.88. The van der Waals surface area contributed by atoms with E-state index in [4.69, 9.17) is 0 Å². The van der Waals surface area contributed by atoms with Gasteiger partial charge in [-0.1, -0.05) is 6.92 Å². The number of anilines is 1. The number of aromatic nitrogens is 2. The van der Waals surface area contributed by atoms with E-state index in [1.165, 1.54) is 4.68 Å². The molecular weight excluding hydrogens is 216 g/mol. The topological polar surface area (TPSA) is 50.2 Å². The largest absolute Gasteiger partial charge is 0.373 e. The van der Waals surface area contributed by atoms with Gasteiger partial charge in [-0.25, -0.2) is 4.68 Å². The van der Waals surface area contributed by atoms with Crippen LogP contribution in [-0.4, -0.2) is 36.0 Å². The summed E-state index contributed by atoms with van der Waals surface area (Å²) in [6.07, 6.45) is 1.74. The highest BCUT2D eigenvalue weighted by Crippen LogP contribution is 2.05. The lowest BCUT2D eigenvalue weighted by atomic mass is 10.3. The summed E-state index contributed by atoms with van der Waals surface area (Å²) in [6.45, 7) is 8.49. The standard InChI is InChI=1S/C12H22N4O/c1-5-13-10(3)9-16-12(17)7-11(8-14-16)15(4)6-2/h7-8,10,13H,5-6,9H2,1-4H3. The second kappa shape index (κ2) is 6.39. The molecule has 0 aliphatic carbocycles. The summed E-state index contributed by atoms with van der Waals surface area (Å²) in [4.78, 5) is 13.8. The molecule has 96 valence electrons. The minimum absolute atomic E-state index is 0.0486. The van der Waals surface area contributed by atoms with Gasteiger partial charge in [-0.15, -0.1) is 0 Å². The van der Waals surface area contributed by atoms with Gasteiger partial charge < -0.3 is 10.2 Å². The first kappa shape index (κ1) is 13.7. The van der Waals surface area contributed by atoms with Gasteiger partial charge in [0, 0.05) is 25.7 Å².